The first kappa shape index (κ1) is 15.3. The van der Waals surface area contributed by atoms with Gasteiger partial charge in [0.15, 0.2) is 5.75 Å². The van der Waals surface area contributed by atoms with Crippen LogP contribution in [0.25, 0.3) is 0 Å². The highest BCUT2D eigenvalue weighted by Gasteiger charge is 2.41. The second-order valence-electron chi connectivity index (χ2n) is 5.55. The van der Waals surface area contributed by atoms with Crippen LogP contribution in [0, 0.1) is 14.9 Å². The Morgan fingerprint density at radius 1 is 1.52 bits per heavy atom. The maximum Gasteiger partial charge on any atom is 0.155 e. The van der Waals surface area contributed by atoms with E-state index in [4.69, 9.17) is 20.5 Å². The van der Waals surface area contributed by atoms with Crippen LogP contribution >= 0.6 is 34.4 Å². The van der Waals surface area contributed by atoms with Crippen LogP contribution in [0.4, 0.5) is 5.69 Å². The van der Waals surface area contributed by atoms with Crippen molar-refractivity contribution in [2.45, 2.75) is 31.0 Å². The van der Waals surface area contributed by atoms with Gasteiger partial charge in [-0.2, -0.15) is 17.0 Å². The molecule has 2 heterocycles. The second kappa shape index (κ2) is 6.23. The number of rotatable bonds is 2. The highest BCUT2D eigenvalue weighted by Crippen LogP contribution is 2.40. The van der Waals surface area contributed by atoms with Gasteiger partial charge in [0.1, 0.15) is 6.10 Å². The zero-order valence-electron chi connectivity index (χ0n) is 11.6. The van der Waals surface area contributed by atoms with Gasteiger partial charge in [0, 0.05) is 18.6 Å². The van der Waals surface area contributed by atoms with Crippen LogP contribution < -0.4 is 10.5 Å². The molecule has 6 heteroatoms. The first-order valence-corrected chi connectivity index (χ1v) is 9.23. The van der Waals surface area contributed by atoms with E-state index in [1.54, 1.807) is 6.07 Å². The van der Waals surface area contributed by atoms with Gasteiger partial charge in [-0.3, -0.25) is 0 Å². The van der Waals surface area contributed by atoms with Gasteiger partial charge in [0.2, 0.25) is 0 Å². The SMILES string of the molecule is N#Cc1cc(N)c(OC2CCOC3(CCSC3)C2)c(I)c1. The molecule has 1 aromatic rings. The predicted molar refractivity (Wildman–Crippen MR) is 92.6 cm³/mol. The van der Waals surface area contributed by atoms with Crippen molar-refractivity contribution in [1.82, 2.24) is 0 Å². The molecule has 2 unspecified atom stereocenters. The summed E-state index contributed by atoms with van der Waals surface area (Å²) in [7, 11) is 0. The molecule has 2 atom stereocenters. The molecule has 3 rings (SSSR count). The van der Waals surface area contributed by atoms with Crippen molar-refractivity contribution in [1.29, 1.82) is 5.26 Å². The Morgan fingerprint density at radius 2 is 2.38 bits per heavy atom. The molecule has 21 heavy (non-hydrogen) atoms. The third-order valence-corrected chi connectivity index (χ3v) is 6.03. The lowest BCUT2D eigenvalue weighted by Gasteiger charge is -2.37. The molecule has 0 saturated carbocycles. The van der Waals surface area contributed by atoms with Crippen LogP contribution in [-0.2, 0) is 4.74 Å². The molecule has 112 valence electrons. The van der Waals surface area contributed by atoms with E-state index >= 15 is 0 Å². The number of nitrogens with two attached hydrogens (primary N) is 1. The van der Waals surface area contributed by atoms with Crippen LogP contribution in [0.5, 0.6) is 5.75 Å². The molecule has 2 saturated heterocycles. The third kappa shape index (κ3) is 3.25. The lowest BCUT2D eigenvalue weighted by molar-refractivity contribution is -0.0959. The number of hydrogen-bond acceptors (Lipinski definition) is 5. The minimum atomic E-state index is 0.000373. The average Bonchev–Trinajstić information content (AvgIpc) is 2.90. The summed E-state index contributed by atoms with van der Waals surface area (Å²) >= 11 is 4.14. The number of nitrogen functional groups attached to an aromatic ring is 1. The maximum atomic E-state index is 8.97. The van der Waals surface area contributed by atoms with Crippen molar-refractivity contribution >= 4 is 40.0 Å². The number of nitrogens with zero attached hydrogens (tertiary/aromatic N) is 1. The van der Waals surface area contributed by atoms with E-state index in [1.807, 2.05) is 17.8 Å². The number of nitriles is 1. The number of benzene rings is 1. The Kier molecular flexibility index (Phi) is 4.52. The van der Waals surface area contributed by atoms with Crippen LogP contribution in [0.2, 0.25) is 0 Å². The van der Waals surface area contributed by atoms with Crippen molar-refractivity contribution < 1.29 is 9.47 Å². The topological polar surface area (TPSA) is 68.3 Å². The maximum absolute atomic E-state index is 8.97. The number of halogens is 1. The Balaban J connectivity index is 1.76. The summed E-state index contributed by atoms with van der Waals surface area (Å²) in [5, 5.41) is 8.97. The summed E-state index contributed by atoms with van der Waals surface area (Å²) in [5.74, 6) is 2.94. The van der Waals surface area contributed by atoms with Crippen molar-refractivity contribution in [2.75, 3.05) is 23.8 Å². The Labute approximate surface area is 142 Å². The predicted octanol–water partition coefficient (Wildman–Crippen LogP) is 3.18. The Hall–Kier alpha value is -0.650. The number of anilines is 1. The fraction of sp³-hybridized carbons (Fsp3) is 0.533. The Morgan fingerprint density at radius 3 is 3.05 bits per heavy atom. The van der Waals surface area contributed by atoms with E-state index in [2.05, 4.69) is 28.7 Å². The molecule has 2 N–H and O–H groups in total. The number of thioether (sulfide) groups is 1. The van der Waals surface area contributed by atoms with E-state index < -0.39 is 0 Å². The molecule has 1 aromatic carbocycles. The van der Waals surface area contributed by atoms with Gasteiger partial charge in [0.05, 0.1) is 33.1 Å². The molecule has 2 aliphatic heterocycles. The number of ether oxygens (including phenoxy) is 2. The molecule has 1 spiro atoms. The zero-order chi connectivity index (χ0) is 14.9. The Bertz CT molecular complexity index is 559. The quantitative estimate of drug-likeness (QED) is 0.593. The number of hydrogen-bond donors (Lipinski definition) is 1. The van der Waals surface area contributed by atoms with E-state index in [0.717, 1.165) is 35.2 Å². The molecule has 0 radical (unpaired) electrons. The highest BCUT2D eigenvalue weighted by atomic mass is 127. The van der Waals surface area contributed by atoms with Gasteiger partial charge in [-0.25, -0.2) is 0 Å². The van der Waals surface area contributed by atoms with Crippen LogP contribution in [0.3, 0.4) is 0 Å². The van der Waals surface area contributed by atoms with Crippen molar-refractivity contribution in [3.8, 4) is 11.8 Å². The molecular formula is C15H17IN2O2S. The highest BCUT2D eigenvalue weighted by molar-refractivity contribution is 14.1. The molecule has 4 nitrogen and oxygen atoms in total. The molecule has 0 aliphatic carbocycles. The average molecular weight is 416 g/mol. The first-order chi connectivity index (χ1) is 10.1. The fourth-order valence-electron chi connectivity index (χ4n) is 2.92. The van der Waals surface area contributed by atoms with Gasteiger partial charge in [-0.15, -0.1) is 0 Å². The molecule has 2 fully saturated rings. The molecule has 0 bridgehead atoms. The van der Waals surface area contributed by atoms with Crippen molar-refractivity contribution in [2.24, 2.45) is 0 Å². The van der Waals surface area contributed by atoms with Gasteiger partial charge >= 0.3 is 0 Å². The lowest BCUT2D eigenvalue weighted by atomic mass is 9.91. The lowest BCUT2D eigenvalue weighted by Crippen LogP contribution is -2.44. The van der Waals surface area contributed by atoms with E-state index in [0.29, 0.717) is 17.0 Å². The second-order valence-corrected chi connectivity index (χ2v) is 7.82. The van der Waals surface area contributed by atoms with Gasteiger partial charge in [0.25, 0.3) is 0 Å². The smallest absolute Gasteiger partial charge is 0.155 e. The third-order valence-electron chi connectivity index (χ3n) is 4.00. The van der Waals surface area contributed by atoms with Crippen LogP contribution in [0.15, 0.2) is 12.1 Å². The molecular weight excluding hydrogens is 399 g/mol. The first-order valence-electron chi connectivity index (χ1n) is 6.99. The summed E-state index contributed by atoms with van der Waals surface area (Å²) in [6.45, 7) is 0.748. The summed E-state index contributed by atoms with van der Waals surface area (Å²) in [4.78, 5) is 0. The van der Waals surface area contributed by atoms with Gasteiger partial charge in [-0.05, 0) is 46.9 Å². The standard InChI is InChI=1S/C15H17IN2O2S/c16-12-5-10(8-17)6-13(18)14(12)20-11-1-3-19-15(7-11)2-4-21-9-15/h5-6,11H,1-4,7,9,18H2. The minimum absolute atomic E-state index is 0.000373. The van der Waals surface area contributed by atoms with Gasteiger partial charge in [-0.1, -0.05) is 0 Å². The van der Waals surface area contributed by atoms with Crippen LogP contribution in [-0.4, -0.2) is 29.8 Å². The summed E-state index contributed by atoms with van der Waals surface area (Å²) in [6, 6.07) is 5.61. The largest absolute Gasteiger partial charge is 0.487 e. The molecule has 2 aliphatic rings. The summed E-state index contributed by atoms with van der Waals surface area (Å²) in [5.41, 5.74) is 7.15. The van der Waals surface area contributed by atoms with Crippen molar-refractivity contribution in [3.63, 3.8) is 0 Å². The zero-order valence-corrected chi connectivity index (χ0v) is 14.6. The normalized spacial score (nSPS) is 28.5. The minimum Gasteiger partial charge on any atom is -0.487 e. The summed E-state index contributed by atoms with van der Waals surface area (Å²) in [6.07, 6.45) is 3.07. The molecule has 0 aromatic heterocycles. The van der Waals surface area contributed by atoms with Gasteiger partial charge < -0.3 is 15.2 Å². The van der Waals surface area contributed by atoms with Crippen molar-refractivity contribution in [3.05, 3.63) is 21.3 Å². The fourth-order valence-corrected chi connectivity index (χ4v) is 5.07. The van der Waals surface area contributed by atoms with E-state index in [1.165, 1.54) is 5.75 Å². The summed E-state index contributed by atoms with van der Waals surface area (Å²) < 4.78 is 13.1. The van der Waals surface area contributed by atoms with E-state index in [-0.39, 0.29) is 11.7 Å². The van der Waals surface area contributed by atoms with E-state index in [9.17, 15) is 0 Å². The van der Waals surface area contributed by atoms with Crippen LogP contribution in [0.1, 0.15) is 24.8 Å². The monoisotopic (exact) mass is 416 g/mol. The molecule has 0 amide bonds.